The highest BCUT2D eigenvalue weighted by Gasteiger charge is 2.26. The van der Waals surface area contributed by atoms with E-state index in [1.54, 1.807) is 17.8 Å². The molecule has 0 unspecified atom stereocenters. The highest BCUT2D eigenvalue weighted by Crippen LogP contribution is 2.25. The summed E-state index contributed by atoms with van der Waals surface area (Å²) in [6, 6.07) is 9.24. The fourth-order valence-corrected chi connectivity index (χ4v) is 2.31. The standard InChI is InChI=1S/C14H11N3O3S/c1-9-16-13(20-17-9)12(10-5-3-2-4-6-10)19-14(18)11-7-21-8-15-11/h2-8,12H,1H3/t12-/m0/s1. The van der Waals surface area contributed by atoms with Crippen molar-refractivity contribution in [3.63, 3.8) is 0 Å². The predicted molar refractivity (Wildman–Crippen MR) is 74.8 cm³/mol. The fraction of sp³-hybridized carbons (Fsp3) is 0.143. The molecule has 1 atom stereocenters. The second kappa shape index (κ2) is 5.84. The van der Waals surface area contributed by atoms with Crippen LogP contribution >= 0.6 is 11.3 Å². The Morgan fingerprint density at radius 1 is 1.33 bits per heavy atom. The molecule has 2 heterocycles. The van der Waals surface area contributed by atoms with E-state index in [0.29, 0.717) is 5.82 Å². The van der Waals surface area contributed by atoms with Crippen LogP contribution in [0.2, 0.25) is 0 Å². The van der Waals surface area contributed by atoms with Gasteiger partial charge in [-0.25, -0.2) is 9.78 Å². The zero-order valence-electron chi connectivity index (χ0n) is 11.1. The lowest BCUT2D eigenvalue weighted by molar-refractivity contribution is 0.0309. The molecule has 2 aromatic heterocycles. The number of rotatable bonds is 4. The van der Waals surface area contributed by atoms with Gasteiger partial charge in [0, 0.05) is 10.9 Å². The van der Waals surface area contributed by atoms with Gasteiger partial charge in [-0.05, 0) is 6.92 Å². The Morgan fingerprint density at radius 3 is 2.76 bits per heavy atom. The minimum atomic E-state index is -0.749. The number of esters is 1. The fourth-order valence-electron chi connectivity index (χ4n) is 1.79. The van der Waals surface area contributed by atoms with Crippen molar-refractivity contribution in [1.82, 2.24) is 15.1 Å². The zero-order chi connectivity index (χ0) is 14.7. The van der Waals surface area contributed by atoms with E-state index in [9.17, 15) is 4.79 Å². The minimum Gasteiger partial charge on any atom is -0.443 e. The number of carbonyl (C=O) groups is 1. The minimum absolute atomic E-state index is 0.238. The van der Waals surface area contributed by atoms with Gasteiger partial charge in [-0.1, -0.05) is 35.5 Å². The molecule has 0 amide bonds. The summed E-state index contributed by atoms with van der Waals surface area (Å²) in [5.41, 5.74) is 2.59. The van der Waals surface area contributed by atoms with Gasteiger partial charge in [0.2, 0.25) is 6.10 Å². The molecule has 0 radical (unpaired) electrons. The topological polar surface area (TPSA) is 78.1 Å². The van der Waals surface area contributed by atoms with E-state index in [4.69, 9.17) is 9.26 Å². The second-order valence-corrected chi connectivity index (χ2v) is 4.97. The van der Waals surface area contributed by atoms with Crippen LogP contribution < -0.4 is 0 Å². The average Bonchev–Trinajstić information content (AvgIpc) is 3.17. The van der Waals surface area contributed by atoms with Gasteiger partial charge in [0.1, 0.15) is 0 Å². The number of carbonyl (C=O) groups excluding carboxylic acids is 1. The average molecular weight is 301 g/mol. The second-order valence-electron chi connectivity index (χ2n) is 4.25. The lowest BCUT2D eigenvalue weighted by atomic mass is 10.1. The molecular weight excluding hydrogens is 290 g/mol. The molecule has 21 heavy (non-hydrogen) atoms. The van der Waals surface area contributed by atoms with Crippen molar-refractivity contribution >= 4 is 17.3 Å². The maximum atomic E-state index is 12.1. The van der Waals surface area contributed by atoms with Gasteiger partial charge in [-0.3, -0.25) is 0 Å². The molecule has 3 rings (SSSR count). The maximum absolute atomic E-state index is 12.1. The van der Waals surface area contributed by atoms with Gasteiger partial charge >= 0.3 is 5.97 Å². The largest absolute Gasteiger partial charge is 0.443 e. The van der Waals surface area contributed by atoms with Gasteiger partial charge in [-0.2, -0.15) is 4.98 Å². The molecule has 0 bridgehead atoms. The van der Waals surface area contributed by atoms with Crippen LogP contribution in [-0.2, 0) is 4.74 Å². The molecule has 7 heteroatoms. The number of thiazole rings is 1. The van der Waals surface area contributed by atoms with E-state index >= 15 is 0 Å². The van der Waals surface area contributed by atoms with Gasteiger partial charge in [0.05, 0.1) is 5.51 Å². The van der Waals surface area contributed by atoms with Crippen LogP contribution in [-0.4, -0.2) is 21.1 Å². The number of hydrogen-bond acceptors (Lipinski definition) is 7. The Kier molecular flexibility index (Phi) is 3.74. The highest BCUT2D eigenvalue weighted by atomic mass is 32.1. The van der Waals surface area contributed by atoms with Crippen LogP contribution in [0.15, 0.2) is 45.7 Å². The van der Waals surface area contributed by atoms with Crippen LogP contribution in [0.25, 0.3) is 0 Å². The quantitative estimate of drug-likeness (QED) is 0.689. The molecule has 0 fully saturated rings. The lowest BCUT2D eigenvalue weighted by Gasteiger charge is -2.13. The van der Waals surface area contributed by atoms with Gasteiger partial charge < -0.3 is 9.26 Å². The van der Waals surface area contributed by atoms with Crippen molar-refractivity contribution in [3.8, 4) is 0 Å². The smallest absolute Gasteiger partial charge is 0.358 e. The van der Waals surface area contributed by atoms with Crippen molar-refractivity contribution in [2.45, 2.75) is 13.0 Å². The lowest BCUT2D eigenvalue weighted by Crippen LogP contribution is -2.13. The monoisotopic (exact) mass is 301 g/mol. The summed E-state index contributed by atoms with van der Waals surface area (Å²) in [7, 11) is 0. The highest BCUT2D eigenvalue weighted by molar-refractivity contribution is 7.07. The number of nitrogens with zero attached hydrogens (tertiary/aromatic N) is 3. The van der Waals surface area contributed by atoms with Crippen LogP contribution in [0.5, 0.6) is 0 Å². The van der Waals surface area contributed by atoms with E-state index < -0.39 is 12.1 Å². The summed E-state index contributed by atoms with van der Waals surface area (Å²) >= 11 is 1.33. The van der Waals surface area contributed by atoms with Crippen molar-refractivity contribution in [2.24, 2.45) is 0 Å². The molecule has 0 N–H and O–H groups in total. The molecule has 106 valence electrons. The Labute approximate surface area is 124 Å². The summed E-state index contributed by atoms with van der Waals surface area (Å²) in [6.07, 6.45) is -0.749. The van der Waals surface area contributed by atoms with E-state index in [0.717, 1.165) is 5.56 Å². The summed E-state index contributed by atoms with van der Waals surface area (Å²) in [4.78, 5) is 20.2. The Morgan fingerprint density at radius 2 is 2.14 bits per heavy atom. The Bertz CT molecular complexity index is 725. The molecular formula is C14H11N3O3S. The molecule has 3 aromatic rings. The predicted octanol–water partition coefficient (Wildman–Crippen LogP) is 2.78. The van der Waals surface area contributed by atoms with E-state index in [-0.39, 0.29) is 11.6 Å². The number of aryl methyl sites for hydroxylation is 1. The van der Waals surface area contributed by atoms with E-state index in [2.05, 4.69) is 15.1 Å². The first-order valence-corrected chi connectivity index (χ1v) is 7.12. The zero-order valence-corrected chi connectivity index (χ0v) is 11.9. The van der Waals surface area contributed by atoms with Crippen molar-refractivity contribution in [2.75, 3.05) is 0 Å². The Balaban J connectivity index is 1.91. The van der Waals surface area contributed by atoms with Crippen molar-refractivity contribution < 1.29 is 14.1 Å². The molecule has 0 aliphatic carbocycles. The van der Waals surface area contributed by atoms with Crippen molar-refractivity contribution in [3.05, 3.63) is 64.2 Å². The first kappa shape index (κ1) is 13.4. The molecule has 6 nitrogen and oxygen atoms in total. The van der Waals surface area contributed by atoms with Gasteiger partial charge in [-0.15, -0.1) is 11.3 Å². The van der Waals surface area contributed by atoms with Crippen LogP contribution in [0.1, 0.15) is 33.9 Å². The number of benzene rings is 1. The van der Waals surface area contributed by atoms with Crippen LogP contribution in [0.4, 0.5) is 0 Å². The third kappa shape index (κ3) is 2.97. The first-order valence-electron chi connectivity index (χ1n) is 6.18. The summed E-state index contributed by atoms with van der Waals surface area (Å²) in [5.74, 6) is 0.193. The number of aromatic nitrogens is 3. The van der Waals surface area contributed by atoms with E-state index in [1.807, 2.05) is 30.3 Å². The molecule has 0 spiro atoms. The third-order valence-corrected chi connectivity index (χ3v) is 3.32. The summed E-state index contributed by atoms with van der Waals surface area (Å²) in [5, 5.41) is 5.37. The molecule has 1 aromatic carbocycles. The van der Waals surface area contributed by atoms with E-state index in [1.165, 1.54) is 11.3 Å². The summed E-state index contributed by atoms with van der Waals surface area (Å²) in [6.45, 7) is 1.71. The summed E-state index contributed by atoms with van der Waals surface area (Å²) < 4.78 is 10.6. The molecule has 0 aliphatic heterocycles. The number of hydrogen-bond donors (Lipinski definition) is 0. The third-order valence-electron chi connectivity index (χ3n) is 2.74. The van der Waals surface area contributed by atoms with Crippen LogP contribution in [0, 0.1) is 6.92 Å². The molecule has 0 aliphatic rings. The molecule has 0 saturated carbocycles. The Hall–Kier alpha value is -2.54. The first-order chi connectivity index (χ1) is 10.2. The normalized spacial score (nSPS) is 12.0. The van der Waals surface area contributed by atoms with Gasteiger partial charge in [0.25, 0.3) is 5.89 Å². The van der Waals surface area contributed by atoms with Gasteiger partial charge in [0.15, 0.2) is 11.5 Å². The van der Waals surface area contributed by atoms with Crippen LogP contribution in [0.3, 0.4) is 0 Å². The number of ether oxygens (including phenoxy) is 1. The SMILES string of the molecule is Cc1noc([C@@H](OC(=O)c2cscn2)c2ccccc2)n1. The van der Waals surface area contributed by atoms with Crippen molar-refractivity contribution in [1.29, 1.82) is 0 Å². The molecule has 0 saturated heterocycles. The maximum Gasteiger partial charge on any atom is 0.358 e.